The summed E-state index contributed by atoms with van der Waals surface area (Å²) >= 11 is 3.82. The first-order chi connectivity index (χ1) is 24.8. The lowest BCUT2D eigenvalue weighted by Gasteiger charge is -2.18. The van der Waals surface area contributed by atoms with Gasteiger partial charge < -0.3 is 0 Å². The smallest absolute Gasteiger partial charge is 0.0362 e. The van der Waals surface area contributed by atoms with E-state index in [0.717, 1.165) is 0 Å². The van der Waals surface area contributed by atoms with Crippen molar-refractivity contribution in [2.24, 2.45) is 0 Å². The quantitative estimate of drug-likeness (QED) is 0.164. The van der Waals surface area contributed by atoms with E-state index in [1.165, 1.54) is 106 Å². The van der Waals surface area contributed by atoms with Crippen LogP contribution in [0.5, 0.6) is 0 Å². The number of hydrogen-bond acceptors (Lipinski definition) is 2. The minimum absolute atomic E-state index is 1.24. The molecule has 0 unspecified atom stereocenters. The standard InChI is InChI=1S/C48H28S2/c1-2-10-30(11-3-1)47-36-14-6-8-16-38(36)48(39-17-9-7-15-37(39)47)31-20-18-29(19-21-31)34-22-23-35-41-27-46-42(28-45(41)49-43(35)26-34)40-24-32-12-4-5-13-33(32)25-44(40)50-46/h1-28H. The molecule has 232 valence electrons. The molecule has 11 rings (SSSR count). The molecule has 0 aliphatic rings. The molecule has 0 N–H and O–H groups in total. The van der Waals surface area contributed by atoms with Crippen molar-refractivity contribution >= 4 is 95.3 Å². The van der Waals surface area contributed by atoms with Crippen LogP contribution in [0.2, 0.25) is 0 Å². The Hall–Kier alpha value is -5.80. The lowest BCUT2D eigenvalue weighted by molar-refractivity contribution is 1.63. The van der Waals surface area contributed by atoms with Gasteiger partial charge in [0.1, 0.15) is 0 Å². The van der Waals surface area contributed by atoms with Gasteiger partial charge in [-0.05, 0) is 96.0 Å². The second-order valence-electron chi connectivity index (χ2n) is 13.2. The Labute approximate surface area is 297 Å². The van der Waals surface area contributed by atoms with Gasteiger partial charge >= 0.3 is 0 Å². The third kappa shape index (κ3) is 4.23. The van der Waals surface area contributed by atoms with Gasteiger partial charge in [-0.15, -0.1) is 22.7 Å². The molecule has 9 aromatic carbocycles. The minimum Gasteiger partial charge on any atom is -0.135 e. The van der Waals surface area contributed by atoms with Crippen LogP contribution in [-0.4, -0.2) is 0 Å². The summed E-state index contributed by atoms with van der Waals surface area (Å²) in [5.41, 5.74) is 7.58. The number of rotatable bonds is 3. The summed E-state index contributed by atoms with van der Waals surface area (Å²) in [6.45, 7) is 0. The highest BCUT2D eigenvalue weighted by atomic mass is 32.1. The van der Waals surface area contributed by atoms with Gasteiger partial charge in [0.15, 0.2) is 0 Å². The van der Waals surface area contributed by atoms with Gasteiger partial charge in [-0.2, -0.15) is 0 Å². The summed E-state index contributed by atoms with van der Waals surface area (Å²) in [5, 5.41) is 13.2. The monoisotopic (exact) mass is 668 g/mol. The highest BCUT2D eigenvalue weighted by molar-refractivity contribution is 7.27. The van der Waals surface area contributed by atoms with E-state index >= 15 is 0 Å². The average molecular weight is 669 g/mol. The number of hydrogen-bond donors (Lipinski definition) is 0. The van der Waals surface area contributed by atoms with Crippen molar-refractivity contribution in [2.75, 3.05) is 0 Å². The summed E-state index contributed by atoms with van der Waals surface area (Å²) in [6, 6.07) is 63.0. The van der Waals surface area contributed by atoms with E-state index in [1.807, 2.05) is 22.7 Å². The summed E-state index contributed by atoms with van der Waals surface area (Å²) in [4.78, 5) is 0. The molecule has 2 aromatic heterocycles. The fourth-order valence-corrected chi connectivity index (χ4v) is 10.4. The molecule has 0 fully saturated rings. The molecule has 0 atom stereocenters. The van der Waals surface area contributed by atoms with Gasteiger partial charge in [-0.1, -0.05) is 140 Å². The summed E-state index contributed by atoms with van der Waals surface area (Å²) in [5.74, 6) is 0. The Morgan fingerprint density at radius 2 is 0.660 bits per heavy atom. The molecule has 0 nitrogen and oxygen atoms in total. The highest BCUT2D eigenvalue weighted by Gasteiger charge is 2.17. The molecule has 0 aliphatic heterocycles. The molecule has 0 saturated heterocycles. The van der Waals surface area contributed by atoms with E-state index in [2.05, 4.69) is 170 Å². The van der Waals surface area contributed by atoms with Crippen LogP contribution in [0.3, 0.4) is 0 Å². The van der Waals surface area contributed by atoms with Crippen molar-refractivity contribution < 1.29 is 0 Å². The Morgan fingerprint density at radius 1 is 0.240 bits per heavy atom. The molecule has 0 bridgehead atoms. The Kier molecular flexibility index (Phi) is 6.09. The first kappa shape index (κ1) is 28.1. The Balaban J connectivity index is 1.02. The van der Waals surface area contributed by atoms with E-state index in [-0.39, 0.29) is 0 Å². The molecular weight excluding hydrogens is 641 g/mol. The molecular formula is C48H28S2. The molecule has 0 radical (unpaired) electrons. The van der Waals surface area contributed by atoms with Crippen LogP contribution < -0.4 is 0 Å². The van der Waals surface area contributed by atoms with Crippen LogP contribution in [-0.2, 0) is 0 Å². The number of thiophene rings is 2. The van der Waals surface area contributed by atoms with Crippen LogP contribution in [0.4, 0.5) is 0 Å². The van der Waals surface area contributed by atoms with E-state index in [1.54, 1.807) is 0 Å². The molecule has 2 heteroatoms. The number of benzene rings is 9. The first-order valence-corrected chi connectivity index (χ1v) is 18.7. The zero-order chi connectivity index (χ0) is 32.8. The maximum absolute atomic E-state index is 2.43. The Bertz CT molecular complexity index is 3070. The maximum Gasteiger partial charge on any atom is 0.0362 e. The van der Waals surface area contributed by atoms with Crippen LogP contribution in [0, 0.1) is 0 Å². The SMILES string of the molecule is c1ccc(-c2c3ccccc3c(-c3ccc(-c4ccc5c(c4)sc4cc6c(cc45)sc4cc5ccccc5cc46)cc3)c3ccccc23)cc1. The van der Waals surface area contributed by atoms with E-state index in [4.69, 9.17) is 0 Å². The van der Waals surface area contributed by atoms with E-state index in [9.17, 15) is 0 Å². The van der Waals surface area contributed by atoms with Crippen molar-refractivity contribution in [1.82, 2.24) is 0 Å². The van der Waals surface area contributed by atoms with Crippen molar-refractivity contribution in [1.29, 1.82) is 0 Å². The van der Waals surface area contributed by atoms with E-state index < -0.39 is 0 Å². The minimum atomic E-state index is 1.24. The molecule has 0 spiro atoms. The largest absolute Gasteiger partial charge is 0.135 e. The van der Waals surface area contributed by atoms with Crippen molar-refractivity contribution in [3.8, 4) is 33.4 Å². The first-order valence-electron chi connectivity index (χ1n) is 17.1. The summed E-state index contributed by atoms with van der Waals surface area (Å²) in [6.07, 6.45) is 0. The maximum atomic E-state index is 2.43. The van der Waals surface area contributed by atoms with Gasteiger partial charge in [-0.3, -0.25) is 0 Å². The topological polar surface area (TPSA) is 0 Å². The molecule has 0 saturated carbocycles. The van der Waals surface area contributed by atoms with Gasteiger partial charge in [0.05, 0.1) is 0 Å². The van der Waals surface area contributed by atoms with Gasteiger partial charge in [0.2, 0.25) is 0 Å². The highest BCUT2D eigenvalue weighted by Crippen LogP contribution is 2.45. The average Bonchev–Trinajstić information content (AvgIpc) is 3.71. The fraction of sp³-hybridized carbons (Fsp3) is 0. The van der Waals surface area contributed by atoms with Crippen molar-refractivity contribution in [3.05, 3.63) is 170 Å². The van der Waals surface area contributed by atoms with Crippen LogP contribution in [0.25, 0.3) is 106 Å². The van der Waals surface area contributed by atoms with E-state index in [0.29, 0.717) is 0 Å². The lowest BCUT2D eigenvalue weighted by atomic mass is 9.86. The normalized spacial score (nSPS) is 12.0. The second-order valence-corrected chi connectivity index (χ2v) is 15.4. The summed E-state index contributed by atoms with van der Waals surface area (Å²) < 4.78 is 5.41. The van der Waals surface area contributed by atoms with Crippen molar-refractivity contribution in [3.63, 3.8) is 0 Å². The third-order valence-corrected chi connectivity index (χ3v) is 12.7. The molecule has 50 heavy (non-hydrogen) atoms. The number of fused-ring (bicyclic) bond motifs is 9. The Morgan fingerprint density at radius 3 is 1.28 bits per heavy atom. The van der Waals surface area contributed by atoms with Gasteiger partial charge in [0, 0.05) is 40.3 Å². The zero-order valence-corrected chi connectivity index (χ0v) is 28.6. The van der Waals surface area contributed by atoms with Crippen LogP contribution in [0.1, 0.15) is 0 Å². The van der Waals surface area contributed by atoms with Crippen LogP contribution >= 0.6 is 22.7 Å². The zero-order valence-electron chi connectivity index (χ0n) is 27.0. The fourth-order valence-electron chi connectivity index (χ4n) is 8.09. The molecule has 11 aromatic rings. The van der Waals surface area contributed by atoms with Gasteiger partial charge in [-0.25, -0.2) is 0 Å². The molecule has 0 amide bonds. The van der Waals surface area contributed by atoms with Gasteiger partial charge in [0.25, 0.3) is 0 Å². The lowest BCUT2D eigenvalue weighted by Crippen LogP contribution is -1.90. The molecule has 2 heterocycles. The van der Waals surface area contributed by atoms with Crippen molar-refractivity contribution in [2.45, 2.75) is 0 Å². The van der Waals surface area contributed by atoms with Crippen LogP contribution in [0.15, 0.2) is 170 Å². The third-order valence-electron chi connectivity index (χ3n) is 10.4. The predicted octanol–water partition coefficient (Wildman–Crippen LogP) is 14.9. The summed E-state index contributed by atoms with van der Waals surface area (Å²) in [7, 11) is 0. The predicted molar refractivity (Wildman–Crippen MR) is 221 cm³/mol. The second kappa shape index (κ2) is 10.9. The molecule has 0 aliphatic carbocycles.